The van der Waals surface area contributed by atoms with E-state index in [-0.39, 0.29) is 11.9 Å². The van der Waals surface area contributed by atoms with E-state index in [1.807, 2.05) is 41.3 Å². The Morgan fingerprint density at radius 2 is 1.96 bits per heavy atom. The second kappa shape index (κ2) is 5.54. The Kier molecular flexibility index (Phi) is 3.37. The summed E-state index contributed by atoms with van der Waals surface area (Å²) in [4.78, 5) is 22.4. The molecular weight excluding hydrogens is 286 g/mol. The number of imidazole rings is 1. The first-order chi connectivity index (χ1) is 11.2. The van der Waals surface area contributed by atoms with Crippen LogP contribution < -0.4 is 0 Å². The highest BCUT2D eigenvalue weighted by Crippen LogP contribution is 2.33. The number of nitrogens with zero attached hydrogens (tertiary/aromatic N) is 2. The van der Waals surface area contributed by atoms with Gasteiger partial charge < -0.3 is 9.88 Å². The van der Waals surface area contributed by atoms with Crippen LogP contribution in [0.3, 0.4) is 0 Å². The van der Waals surface area contributed by atoms with Crippen LogP contribution in [0.2, 0.25) is 0 Å². The lowest BCUT2D eigenvalue weighted by Gasteiger charge is -2.24. The van der Waals surface area contributed by atoms with Crippen LogP contribution in [0.4, 0.5) is 0 Å². The number of rotatable bonds is 3. The summed E-state index contributed by atoms with van der Waals surface area (Å²) in [5.41, 5.74) is 4.40. The largest absolute Gasteiger partial charge is 0.340 e. The summed E-state index contributed by atoms with van der Waals surface area (Å²) in [6.45, 7) is 2.74. The Balaban J connectivity index is 1.67. The Morgan fingerprint density at radius 1 is 1.17 bits per heavy atom. The van der Waals surface area contributed by atoms with Gasteiger partial charge in [-0.15, -0.1) is 0 Å². The van der Waals surface area contributed by atoms with Crippen molar-refractivity contribution in [2.24, 2.45) is 0 Å². The minimum Gasteiger partial charge on any atom is -0.340 e. The molecule has 0 aliphatic carbocycles. The van der Waals surface area contributed by atoms with Crippen molar-refractivity contribution >= 4 is 16.9 Å². The molecule has 4 heteroatoms. The Labute approximate surface area is 135 Å². The van der Waals surface area contributed by atoms with E-state index in [9.17, 15) is 4.79 Å². The molecule has 1 aromatic heterocycles. The number of carbonyl (C=O) groups excluding carboxylic acids is 1. The van der Waals surface area contributed by atoms with Crippen LogP contribution in [0.5, 0.6) is 0 Å². The zero-order chi connectivity index (χ0) is 15.8. The smallest absolute Gasteiger partial charge is 0.223 e. The predicted octanol–water partition coefficient (Wildman–Crippen LogP) is 3.74. The van der Waals surface area contributed by atoms with E-state index in [0.717, 1.165) is 23.3 Å². The number of nitrogens with one attached hydrogen (secondary N) is 1. The first kappa shape index (κ1) is 14.0. The van der Waals surface area contributed by atoms with Crippen molar-refractivity contribution in [1.82, 2.24) is 14.9 Å². The number of benzene rings is 2. The molecule has 0 saturated carbocycles. The molecule has 23 heavy (non-hydrogen) atoms. The number of H-pyrrole nitrogens is 1. The minimum atomic E-state index is 0.0366. The Hall–Kier alpha value is -2.62. The van der Waals surface area contributed by atoms with Gasteiger partial charge in [0.05, 0.1) is 17.1 Å². The van der Waals surface area contributed by atoms with Gasteiger partial charge in [0.15, 0.2) is 0 Å². The van der Waals surface area contributed by atoms with Gasteiger partial charge in [0, 0.05) is 13.0 Å². The van der Waals surface area contributed by atoms with Crippen LogP contribution in [-0.2, 0) is 11.3 Å². The van der Waals surface area contributed by atoms with E-state index >= 15 is 0 Å². The molecule has 2 heterocycles. The molecule has 2 aromatic carbocycles. The number of fused-ring (bicyclic) bond motifs is 1. The summed E-state index contributed by atoms with van der Waals surface area (Å²) in [6, 6.07) is 16.3. The van der Waals surface area contributed by atoms with Crippen LogP contribution in [0, 0.1) is 6.92 Å². The number of hydrogen-bond acceptors (Lipinski definition) is 2. The van der Waals surface area contributed by atoms with Gasteiger partial charge >= 0.3 is 0 Å². The normalized spacial score (nSPS) is 18.0. The topological polar surface area (TPSA) is 49.0 Å². The van der Waals surface area contributed by atoms with Crippen LogP contribution in [0.15, 0.2) is 48.5 Å². The highest BCUT2D eigenvalue weighted by Gasteiger charge is 2.34. The maximum absolute atomic E-state index is 12.4. The summed E-state index contributed by atoms with van der Waals surface area (Å²) in [5, 5.41) is 0. The van der Waals surface area contributed by atoms with Crippen molar-refractivity contribution in [3.63, 3.8) is 0 Å². The summed E-state index contributed by atoms with van der Waals surface area (Å²) in [6.07, 6.45) is 1.41. The monoisotopic (exact) mass is 305 g/mol. The van der Waals surface area contributed by atoms with Crippen molar-refractivity contribution in [1.29, 1.82) is 0 Å². The molecule has 1 N–H and O–H groups in total. The standard InChI is InChI=1S/C19H19N3O/c1-13-6-2-3-7-14(13)12-22-17(10-11-18(22)23)19-20-15-8-4-5-9-16(15)21-19/h2-9,17H,10-12H2,1H3,(H,20,21). The molecule has 1 amide bonds. The zero-order valence-electron chi connectivity index (χ0n) is 13.1. The number of aryl methyl sites for hydroxylation is 1. The fourth-order valence-corrected chi connectivity index (χ4v) is 3.32. The van der Waals surface area contributed by atoms with E-state index < -0.39 is 0 Å². The summed E-state index contributed by atoms with van der Waals surface area (Å²) in [5.74, 6) is 1.10. The summed E-state index contributed by atoms with van der Waals surface area (Å²) >= 11 is 0. The number of aromatic amines is 1. The molecule has 1 fully saturated rings. The van der Waals surface area contributed by atoms with Crippen molar-refractivity contribution in [3.05, 3.63) is 65.5 Å². The van der Waals surface area contributed by atoms with Crippen molar-refractivity contribution < 1.29 is 4.79 Å². The fourth-order valence-electron chi connectivity index (χ4n) is 3.32. The number of para-hydroxylation sites is 2. The number of aromatic nitrogens is 2. The average molecular weight is 305 g/mol. The summed E-state index contributed by atoms with van der Waals surface area (Å²) in [7, 11) is 0. The van der Waals surface area contributed by atoms with Crippen molar-refractivity contribution in [2.75, 3.05) is 0 Å². The lowest BCUT2D eigenvalue weighted by Crippen LogP contribution is -2.28. The van der Waals surface area contributed by atoms with Gasteiger partial charge in [-0.05, 0) is 36.6 Å². The maximum Gasteiger partial charge on any atom is 0.223 e. The lowest BCUT2D eigenvalue weighted by atomic mass is 10.1. The third-order valence-corrected chi connectivity index (χ3v) is 4.65. The number of hydrogen-bond donors (Lipinski definition) is 1. The van der Waals surface area contributed by atoms with E-state index in [1.165, 1.54) is 11.1 Å². The van der Waals surface area contributed by atoms with Gasteiger partial charge in [0.25, 0.3) is 0 Å². The molecule has 0 spiro atoms. The predicted molar refractivity (Wildman–Crippen MR) is 89.8 cm³/mol. The van der Waals surface area contributed by atoms with Crippen LogP contribution in [0.25, 0.3) is 11.0 Å². The van der Waals surface area contributed by atoms with Crippen molar-refractivity contribution in [2.45, 2.75) is 32.4 Å². The fraction of sp³-hybridized carbons (Fsp3) is 0.263. The SMILES string of the molecule is Cc1ccccc1CN1C(=O)CCC1c1nc2ccccc2[nH]1. The molecule has 0 bridgehead atoms. The van der Waals surface area contributed by atoms with Crippen LogP contribution >= 0.6 is 0 Å². The first-order valence-corrected chi connectivity index (χ1v) is 8.01. The second-order valence-electron chi connectivity index (χ2n) is 6.14. The second-order valence-corrected chi connectivity index (χ2v) is 6.14. The number of amides is 1. The molecule has 4 nitrogen and oxygen atoms in total. The molecule has 1 aliphatic heterocycles. The minimum absolute atomic E-state index is 0.0366. The lowest BCUT2D eigenvalue weighted by molar-refractivity contribution is -0.129. The molecule has 1 unspecified atom stereocenters. The van der Waals surface area contributed by atoms with Gasteiger partial charge in [-0.1, -0.05) is 36.4 Å². The van der Waals surface area contributed by atoms with Gasteiger partial charge in [0.1, 0.15) is 5.82 Å². The van der Waals surface area contributed by atoms with Gasteiger partial charge in [-0.2, -0.15) is 0 Å². The third kappa shape index (κ3) is 2.50. The van der Waals surface area contributed by atoms with Gasteiger partial charge in [0.2, 0.25) is 5.91 Å². The molecule has 3 aromatic rings. The molecule has 1 atom stereocenters. The summed E-state index contributed by atoms with van der Waals surface area (Å²) < 4.78 is 0. The highest BCUT2D eigenvalue weighted by molar-refractivity contribution is 5.80. The molecule has 4 rings (SSSR count). The Morgan fingerprint density at radius 3 is 2.78 bits per heavy atom. The number of likely N-dealkylation sites (tertiary alicyclic amines) is 1. The molecule has 116 valence electrons. The molecular formula is C19H19N3O. The van der Waals surface area contributed by atoms with Gasteiger partial charge in [-0.25, -0.2) is 4.98 Å². The van der Waals surface area contributed by atoms with E-state index in [4.69, 9.17) is 4.98 Å². The quantitative estimate of drug-likeness (QED) is 0.801. The third-order valence-electron chi connectivity index (χ3n) is 4.65. The Bertz CT molecular complexity index is 835. The van der Waals surface area contributed by atoms with E-state index in [1.54, 1.807) is 0 Å². The molecule has 1 saturated heterocycles. The van der Waals surface area contributed by atoms with Gasteiger partial charge in [-0.3, -0.25) is 4.79 Å². The van der Waals surface area contributed by atoms with E-state index in [0.29, 0.717) is 13.0 Å². The highest BCUT2D eigenvalue weighted by atomic mass is 16.2. The van der Waals surface area contributed by atoms with Crippen LogP contribution in [-0.4, -0.2) is 20.8 Å². The molecule has 1 aliphatic rings. The van der Waals surface area contributed by atoms with Crippen molar-refractivity contribution in [3.8, 4) is 0 Å². The zero-order valence-corrected chi connectivity index (χ0v) is 13.1. The van der Waals surface area contributed by atoms with E-state index in [2.05, 4.69) is 24.0 Å². The number of carbonyl (C=O) groups is 1. The first-order valence-electron chi connectivity index (χ1n) is 8.01. The van der Waals surface area contributed by atoms with Crippen LogP contribution in [0.1, 0.15) is 35.8 Å². The maximum atomic E-state index is 12.4. The average Bonchev–Trinajstić information content (AvgIpc) is 3.13. The molecule has 0 radical (unpaired) electrons.